The van der Waals surface area contributed by atoms with E-state index < -0.39 is 7.82 Å². The molecule has 0 fully saturated rings. The second kappa shape index (κ2) is 11.9. The van der Waals surface area contributed by atoms with E-state index in [9.17, 15) is 9.36 Å². The normalized spacial score (nSPS) is 11.6. The third-order valence-corrected chi connectivity index (χ3v) is 5.73. The summed E-state index contributed by atoms with van der Waals surface area (Å²) in [5, 5.41) is 2.10. The van der Waals surface area contributed by atoms with Gasteiger partial charge in [-0.05, 0) is 55.2 Å². The fourth-order valence-corrected chi connectivity index (χ4v) is 3.93. The van der Waals surface area contributed by atoms with Crippen LogP contribution in [0.5, 0.6) is 5.75 Å². The lowest BCUT2D eigenvalue weighted by molar-refractivity contribution is -0.143. The van der Waals surface area contributed by atoms with E-state index in [1.54, 1.807) is 21.0 Å². The summed E-state index contributed by atoms with van der Waals surface area (Å²) in [4.78, 5) is 12.1. The summed E-state index contributed by atoms with van der Waals surface area (Å²) in [5.41, 5.74) is 0.894. The molecule has 2 aromatic rings. The smallest absolute Gasteiger partial charge is 0.474 e. The van der Waals surface area contributed by atoms with Crippen molar-refractivity contribution >= 4 is 24.6 Å². The molecule has 29 heavy (non-hydrogen) atoms. The summed E-state index contributed by atoms with van der Waals surface area (Å²) in [5.74, 6) is 0.514. The second-order valence-corrected chi connectivity index (χ2v) is 7.94. The maximum Gasteiger partial charge on any atom is 0.474 e. The van der Waals surface area contributed by atoms with Crippen LogP contribution in [0, 0.1) is 0 Å². The Balaban J connectivity index is 1.70. The zero-order chi connectivity index (χ0) is 21.1. The molecule has 8 heteroatoms. The summed E-state index contributed by atoms with van der Waals surface area (Å²) < 4.78 is 37.9. The molecule has 7 nitrogen and oxygen atoms in total. The number of carbonyl (C=O) groups excluding carboxylic acids is 1. The average Bonchev–Trinajstić information content (AvgIpc) is 2.70. The summed E-state index contributed by atoms with van der Waals surface area (Å²) in [7, 11) is -1.84. The lowest BCUT2D eigenvalue weighted by Gasteiger charge is -2.16. The largest absolute Gasteiger partial charge is 0.497 e. The molecular weight excluding hydrogens is 395 g/mol. The lowest BCUT2D eigenvalue weighted by Crippen LogP contribution is -2.09. The third kappa shape index (κ3) is 7.78. The molecule has 0 unspecified atom stereocenters. The fraction of sp³-hybridized carbons (Fsp3) is 0.476. The molecule has 0 heterocycles. The van der Waals surface area contributed by atoms with Gasteiger partial charge in [0.25, 0.3) is 0 Å². The van der Waals surface area contributed by atoms with Crippen molar-refractivity contribution < 1.29 is 32.4 Å². The number of phosphoric acid groups is 1. The van der Waals surface area contributed by atoms with Crippen LogP contribution in [0.25, 0.3) is 10.8 Å². The number of carbonyl (C=O) groups is 1. The second-order valence-electron chi connectivity index (χ2n) is 6.27. The third-order valence-electron chi connectivity index (χ3n) is 4.09. The van der Waals surface area contributed by atoms with E-state index >= 15 is 0 Å². The first-order chi connectivity index (χ1) is 14.0. The number of hydrogen-bond donors (Lipinski definition) is 0. The van der Waals surface area contributed by atoms with Crippen LogP contribution < -0.4 is 4.74 Å². The molecule has 0 spiro atoms. The number of hydrogen-bond acceptors (Lipinski definition) is 7. The van der Waals surface area contributed by atoms with Crippen LogP contribution in [0.4, 0.5) is 0 Å². The van der Waals surface area contributed by atoms with Crippen molar-refractivity contribution in [3.05, 3.63) is 42.0 Å². The number of fused-ring (bicyclic) bond motifs is 1. The van der Waals surface area contributed by atoms with Gasteiger partial charge in [-0.3, -0.25) is 18.4 Å². The van der Waals surface area contributed by atoms with Crippen LogP contribution in [-0.4, -0.2) is 39.5 Å². The Kier molecular flexibility index (Phi) is 9.61. The minimum Gasteiger partial charge on any atom is -0.497 e. The van der Waals surface area contributed by atoms with Gasteiger partial charge in [0.2, 0.25) is 0 Å². The van der Waals surface area contributed by atoms with E-state index in [-0.39, 0.29) is 38.8 Å². The first-order valence-corrected chi connectivity index (χ1v) is 11.2. The SMILES string of the molecule is CCOP(=O)(OCC)OCCCCOC(=O)Cc1ccc2cc(OC)ccc2c1. The Labute approximate surface area is 171 Å². The van der Waals surface area contributed by atoms with Crippen LogP contribution in [-0.2, 0) is 34.1 Å². The van der Waals surface area contributed by atoms with Crippen molar-refractivity contribution in [2.24, 2.45) is 0 Å². The van der Waals surface area contributed by atoms with Crippen molar-refractivity contribution in [3.8, 4) is 5.75 Å². The highest BCUT2D eigenvalue weighted by molar-refractivity contribution is 7.48. The molecule has 0 bridgehead atoms. The Morgan fingerprint density at radius 2 is 1.55 bits per heavy atom. The van der Waals surface area contributed by atoms with E-state index in [1.165, 1.54) is 0 Å². The zero-order valence-corrected chi connectivity index (χ0v) is 18.1. The predicted octanol–water partition coefficient (Wildman–Crippen LogP) is 4.91. The van der Waals surface area contributed by atoms with Gasteiger partial charge in [-0.2, -0.15) is 0 Å². The first-order valence-electron chi connectivity index (χ1n) is 9.75. The monoisotopic (exact) mass is 424 g/mol. The number of rotatable bonds is 13. The maximum absolute atomic E-state index is 12.1. The molecule has 0 aliphatic carbocycles. The van der Waals surface area contributed by atoms with Gasteiger partial charge in [0, 0.05) is 0 Å². The van der Waals surface area contributed by atoms with Gasteiger partial charge in [-0.1, -0.05) is 24.3 Å². The van der Waals surface area contributed by atoms with Crippen molar-refractivity contribution in [1.29, 1.82) is 0 Å². The molecule has 2 rings (SSSR count). The molecule has 160 valence electrons. The molecule has 2 aromatic carbocycles. The van der Waals surface area contributed by atoms with E-state index in [2.05, 4.69) is 0 Å². The minimum atomic E-state index is -3.47. The van der Waals surface area contributed by atoms with Gasteiger partial charge in [-0.25, -0.2) is 4.57 Å². The highest BCUT2D eigenvalue weighted by Gasteiger charge is 2.24. The van der Waals surface area contributed by atoms with Gasteiger partial charge in [0.05, 0.1) is 40.0 Å². The molecular formula is C21H29O7P. The standard InChI is InChI=1S/C21H29O7P/c1-4-26-29(23,27-5-2)28-13-7-6-12-25-21(22)15-17-8-9-19-16-20(24-3)11-10-18(19)14-17/h8-11,14,16H,4-7,12-13,15H2,1-3H3. The first kappa shape index (κ1) is 23.4. The number of phosphoric ester groups is 1. The van der Waals surface area contributed by atoms with Crippen LogP contribution in [0.1, 0.15) is 32.3 Å². The van der Waals surface area contributed by atoms with Crippen molar-refractivity contribution in [2.75, 3.05) is 33.5 Å². The predicted molar refractivity (Wildman–Crippen MR) is 111 cm³/mol. The molecule has 0 saturated heterocycles. The Hall–Kier alpha value is -1.92. The van der Waals surface area contributed by atoms with Crippen LogP contribution in [0.2, 0.25) is 0 Å². The molecule has 0 atom stereocenters. The quantitative estimate of drug-likeness (QED) is 0.257. The van der Waals surface area contributed by atoms with Gasteiger partial charge >= 0.3 is 13.8 Å². The average molecular weight is 424 g/mol. The summed E-state index contributed by atoms with van der Waals surface area (Å²) >= 11 is 0. The molecule has 0 radical (unpaired) electrons. The lowest BCUT2D eigenvalue weighted by atomic mass is 10.0. The Morgan fingerprint density at radius 3 is 2.24 bits per heavy atom. The van der Waals surface area contributed by atoms with Crippen LogP contribution in [0.3, 0.4) is 0 Å². The van der Waals surface area contributed by atoms with E-state index in [4.69, 9.17) is 23.0 Å². The minimum absolute atomic E-state index is 0.211. The summed E-state index contributed by atoms with van der Waals surface area (Å²) in [6, 6.07) is 11.7. The number of esters is 1. The van der Waals surface area contributed by atoms with Gasteiger partial charge in [0.1, 0.15) is 5.75 Å². The molecule has 0 N–H and O–H groups in total. The molecule has 0 saturated carbocycles. The molecule has 0 aromatic heterocycles. The van der Waals surface area contributed by atoms with Crippen molar-refractivity contribution in [1.82, 2.24) is 0 Å². The van der Waals surface area contributed by atoms with Gasteiger partial charge in [-0.15, -0.1) is 0 Å². The van der Waals surface area contributed by atoms with E-state index in [1.807, 2.05) is 36.4 Å². The number of unbranched alkanes of at least 4 members (excludes halogenated alkanes) is 1. The Bertz CT molecular complexity index is 827. The zero-order valence-electron chi connectivity index (χ0n) is 17.2. The van der Waals surface area contributed by atoms with Crippen LogP contribution in [0.15, 0.2) is 36.4 Å². The highest BCUT2D eigenvalue weighted by atomic mass is 31.2. The van der Waals surface area contributed by atoms with Crippen LogP contribution >= 0.6 is 7.82 Å². The van der Waals surface area contributed by atoms with Crippen molar-refractivity contribution in [3.63, 3.8) is 0 Å². The van der Waals surface area contributed by atoms with E-state index in [0.717, 1.165) is 22.1 Å². The topological polar surface area (TPSA) is 80.3 Å². The molecule has 0 aliphatic rings. The van der Waals surface area contributed by atoms with E-state index in [0.29, 0.717) is 12.8 Å². The highest BCUT2D eigenvalue weighted by Crippen LogP contribution is 2.49. The molecule has 0 amide bonds. The maximum atomic E-state index is 12.1. The fourth-order valence-electron chi connectivity index (χ4n) is 2.72. The van der Waals surface area contributed by atoms with Gasteiger partial charge in [0.15, 0.2) is 0 Å². The number of ether oxygens (including phenoxy) is 2. The number of methoxy groups -OCH3 is 1. The summed E-state index contributed by atoms with van der Waals surface area (Å²) in [6.07, 6.45) is 1.39. The molecule has 0 aliphatic heterocycles. The van der Waals surface area contributed by atoms with Crippen molar-refractivity contribution in [2.45, 2.75) is 33.1 Å². The Morgan fingerprint density at radius 1 is 0.897 bits per heavy atom. The summed E-state index contributed by atoms with van der Waals surface area (Å²) in [6.45, 7) is 4.43. The number of benzene rings is 2. The van der Waals surface area contributed by atoms with Gasteiger partial charge < -0.3 is 9.47 Å².